The van der Waals surface area contributed by atoms with Crippen molar-refractivity contribution in [1.82, 2.24) is 0 Å². The van der Waals surface area contributed by atoms with Crippen LogP contribution in [0.4, 0.5) is 5.69 Å². The third-order valence-corrected chi connectivity index (χ3v) is 1.52. The first-order valence-electron chi connectivity index (χ1n) is 3.34. The van der Waals surface area contributed by atoms with Crippen molar-refractivity contribution in [3.63, 3.8) is 0 Å². The first-order valence-corrected chi connectivity index (χ1v) is 3.34. The summed E-state index contributed by atoms with van der Waals surface area (Å²) in [5.41, 5.74) is 8.06. The molecule has 3 heteroatoms. The van der Waals surface area contributed by atoms with Crippen molar-refractivity contribution in [2.45, 2.75) is 6.92 Å². The molecule has 0 bridgehead atoms. The second kappa shape index (κ2) is 3.05. The minimum absolute atomic E-state index is 0.749. The lowest BCUT2D eigenvalue weighted by atomic mass is 10.1. The number of rotatable bonds is 1. The second-order valence-corrected chi connectivity index (χ2v) is 2.34. The van der Waals surface area contributed by atoms with Gasteiger partial charge in [-0.2, -0.15) is 5.10 Å². The van der Waals surface area contributed by atoms with Gasteiger partial charge >= 0.3 is 0 Å². The molecular weight excluding hydrogens is 138 g/mol. The van der Waals surface area contributed by atoms with E-state index < -0.39 is 0 Å². The van der Waals surface area contributed by atoms with Crippen molar-refractivity contribution in [3.8, 4) is 0 Å². The average molecular weight is 149 g/mol. The maximum absolute atomic E-state index is 5.50. The SMILES string of the molecule is CC(=NN)c1ccc(N)cc1. The molecule has 11 heavy (non-hydrogen) atoms. The van der Waals surface area contributed by atoms with Crippen LogP contribution in [0.15, 0.2) is 29.4 Å². The van der Waals surface area contributed by atoms with E-state index in [-0.39, 0.29) is 0 Å². The molecule has 0 unspecified atom stereocenters. The number of nitrogen functional groups attached to an aromatic ring is 1. The van der Waals surface area contributed by atoms with E-state index in [4.69, 9.17) is 11.6 Å². The number of hydrogen-bond acceptors (Lipinski definition) is 3. The minimum atomic E-state index is 0.749. The maximum Gasteiger partial charge on any atom is 0.0641 e. The quantitative estimate of drug-likeness (QED) is 0.270. The third kappa shape index (κ3) is 1.70. The van der Waals surface area contributed by atoms with Gasteiger partial charge < -0.3 is 11.6 Å². The fraction of sp³-hybridized carbons (Fsp3) is 0.125. The molecule has 0 saturated heterocycles. The molecule has 0 fully saturated rings. The topological polar surface area (TPSA) is 64.4 Å². The Kier molecular flexibility index (Phi) is 2.11. The van der Waals surface area contributed by atoms with Gasteiger partial charge in [-0.15, -0.1) is 0 Å². The maximum atomic E-state index is 5.50. The molecule has 0 aliphatic heterocycles. The van der Waals surface area contributed by atoms with Crippen LogP contribution >= 0.6 is 0 Å². The van der Waals surface area contributed by atoms with Crippen LogP contribution in [0.1, 0.15) is 12.5 Å². The summed E-state index contributed by atoms with van der Waals surface area (Å²) in [6.45, 7) is 1.85. The first-order chi connectivity index (χ1) is 5.24. The number of anilines is 1. The Morgan fingerprint density at radius 2 is 1.82 bits per heavy atom. The molecule has 0 aliphatic carbocycles. The van der Waals surface area contributed by atoms with Crippen molar-refractivity contribution in [2.24, 2.45) is 10.9 Å². The van der Waals surface area contributed by atoms with E-state index in [2.05, 4.69) is 5.10 Å². The number of nitrogens with zero attached hydrogens (tertiary/aromatic N) is 1. The van der Waals surface area contributed by atoms with Crippen LogP contribution in [0.5, 0.6) is 0 Å². The fourth-order valence-corrected chi connectivity index (χ4v) is 0.799. The van der Waals surface area contributed by atoms with E-state index in [1.807, 2.05) is 31.2 Å². The van der Waals surface area contributed by atoms with Crippen LogP contribution in [0.3, 0.4) is 0 Å². The zero-order chi connectivity index (χ0) is 8.27. The van der Waals surface area contributed by atoms with E-state index in [0.29, 0.717) is 0 Å². The van der Waals surface area contributed by atoms with Gasteiger partial charge in [-0.1, -0.05) is 12.1 Å². The summed E-state index contributed by atoms with van der Waals surface area (Å²) in [5, 5.41) is 3.56. The van der Waals surface area contributed by atoms with Crippen molar-refractivity contribution in [3.05, 3.63) is 29.8 Å². The van der Waals surface area contributed by atoms with Crippen LogP contribution in [0, 0.1) is 0 Å². The van der Waals surface area contributed by atoms with Crippen molar-refractivity contribution in [2.75, 3.05) is 5.73 Å². The lowest BCUT2D eigenvalue weighted by molar-refractivity contribution is 1.24. The van der Waals surface area contributed by atoms with Gasteiger partial charge in [-0.3, -0.25) is 0 Å². The zero-order valence-corrected chi connectivity index (χ0v) is 6.41. The Hall–Kier alpha value is -1.51. The zero-order valence-electron chi connectivity index (χ0n) is 6.41. The van der Waals surface area contributed by atoms with Gasteiger partial charge in [0.2, 0.25) is 0 Å². The summed E-state index contributed by atoms with van der Waals surface area (Å²) in [5.74, 6) is 5.10. The van der Waals surface area contributed by atoms with Crippen molar-refractivity contribution >= 4 is 11.4 Å². The Morgan fingerprint density at radius 1 is 1.27 bits per heavy atom. The second-order valence-electron chi connectivity index (χ2n) is 2.34. The molecular formula is C8H11N3. The van der Waals surface area contributed by atoms with Gasteiger partial charge in [0.25, 0.3) is 0 Å². The molecule has 0 aromatic heterocycles. The normalized spacial score (nSPS) is 11.5. The summed E-state index contributed by atoms with van der Waals surface area (Å²) in [6.07, 6.45) is 0. The van der Waals surface area contributed by atoms with Crippen molar-refractivity contribution < 1.29 is 0 Å². The molecule has 4 N–H and O–H groups in total. The largest absolute Gasteiger partial charge is 0.399 e. The summed E-state index contributed by atoms with van der Waals surface area (Å²) < 4.78 is 0. The molecule has 0 heterocycles. The van der Waals surface area contributed by atoms with E-state index in [9.17, 15) is 0 Å². The van der Waals surface area contributed by atoms with Crippen LogP contribution in [-0.4, -0.2) is 5.71 Å². The molecule has 1 aromatic carbocycles. The van der Waals surface area contributed by atoms with Crippen LogP contribution < -0.4 is 11.6 Å². The fourth-order valence-electron chi connectivity index (χ4n) is 0.799. The minimum Gasteiger partial charge on any atom is -0.399 e. The molecule has 1 aromatic rings. The molecule has 3 nitrogen and oxygen atoms in total. The molecule has 0 spiro atoms. The number of nitrogens with two attached hydrogens (primary N) is 2. The molecule has 0 aliphatic rings. The van der Waals surface area contributed by atoms with E-state index in [0.717, 1.165) is 17.0 Å². The van der Waals surface area contributed by atoms with Crippen LogP contribution in [0.25, 0.3) is 0 Å². The van der Waals surface area contributed by atoms with E-state index >= 15 is 0 Å². The predicted molar refractivity (Wildman–Crippen MR) is 47.3 cm³/mol. The van der Waals surface area contributed by atoms with E-state index in [1.165, 1.54) is 0 Å². The van der Waals surface area contributed by atoms with Crippen molar-refractivity contribution in [1.29, 1.82) is 0 Å². The average Bonchev–Trinajstić information content (AvgIpc) is 2.05. The monoisotopic (exact) mass is 149 g/mol. The van der Waals surface area contributed by atoms with Gasteiger partial charge in [-0.25, -0.2) is 0 Å². The standard InChI is InChI=1S/C8H11N3/c1-6(11-10)7-2-4-8(9)5-3-7/h2-5H,9-10H2,1H3. The highest BCUT2D eigenvalue weighted by atomic mass is 15.1. The predicted octanol–water partition coefficient (Wildman–Crippen LogP) is 0.952. The summed E-state index contributed by atoms with van der Waals surface area (Å²) in [7, 11) is 0. The summed E-state index contributed by atoms with van der Waals surface area (Å²) >= 11 is 0. The smallest absolute Gasteiger partial charge is 0.0641 e. The van der Waals surface area contributed by atoms with Gasteiger partial charge in [0.05, 0.1) is 5.71 Å². The molecule has 1 rings (SSSR count). The number of benzene rings is 1. The van der Waals surface area contributed by atoms with Crippen LogP contribution in [0.2, 0.25) is 0 Å². The molecule has 0 amide bonds. The van der Waals surface area contributed by atoms with Gasteiger partial charge in [0, 0.05) is 5.69 Å². The number of hydrogen-bond donors (Lipinski definition) is 2. The highest BCUT2D eigenvalue weighted by molar-refractivity contribution is 5.98. The molecule has 58 valence electrons. The van der Waals surface area contributed by atoms with Gasteiger partial charge in [-0.05, 0) is 24.6 Å². The number of hydrazone groups is 1. The lowest BCUT2D eigenvalue weighted by Gasteiger charge is -1.98. The van der Waals surface area contributed by atoms with Gasteiger partial charge in [0.15, 0.2) is 0 Å². The third-order valence-electron chi connectivity index (χ3n) is 1.52. The molecule has 0 saturated carbocycles. The molecule has 0 radical (unpaired) electrons. The lowest BCUT2D eigenvalue weighted by Crippen LogP contribution is -1.98. The Balaban J connectivity index is 2.99. The van der Waals surface area contributed by atoms with Crippen LogP contribution in [-0.2, 0) is 0 Å². The first kappa shape index (κ1) is 7.60. The van der Waals surface area contributed by atoms with Gasteiger partial charge in [0.1, 0.15) is 0 Å². The Labute approximate surface area is 65.7 Å². The summed E-state index contributed by atoms with van der Waals surface area (Å²) in [6, 6.07) is 7.43. The highest BCUT2D eigenvalue weighted by Gasteiger charge is 1.94. The Morgan fingerprint density at radius 3 is 2.27 bits per heavy atom. The highest BCUT2D eigenvalue weighted by Crippen LogP contribution is 2.05. The molecule has 0 atom stereocenters. The summed E-state index contributed by atoms with van der Waals surface area (Å²) in [4.78, 5) is 0. The Bertz CT molecular complexity index is 261. The van der Waals surface area contributed by atoms with E-state index in [1.54, 1.807) is 0 Å².